The summed E-state index contributed by atoms with van der Waals surface area (Å²) in [6.45, 7) is 4.41. The van der Waals surface area contributed by atoms with Gasteiger partial charge in [-0.3, -0.25) is 9.59 Å². The first-order valence-electron chi connectivity index (χ1n) is 6.53. The zero-order chi connectivity index (χ0) is 14.3. The van der Waals surface area contributed by atoms with Crippen LogP contribution >= 0.6 is 0 Å². The largest absolute Gasteiger partial charge is 0.496 e. The third-order valence-corrected chi connectivity index (χ3v) is 2.90. The van der Waals surface area contributed by atoms with E-state index in [1.807, 2.05) is 19.9 Å². The molecule has 0 aliphatic rings. The summed E-state index contributed by atoms with van der Waals surface area (Å²) in [7, 11) is 1.61. The first-order chi connectivity index (χ1) is 9.08. The Bertz CT molecular complexity index is 455. The van der Waals surface area contributed by atoms with Gasteiger partial charge in [0.1, 0.15) is 5.75 Å². The van der Waals surface area contributed by atoms with Crippen LogP contribution in [0.1, 0.15) is 42.1 Å². The lowest BCUT2D eigenvalue weighted by atomic mass is 10.0. The van der Waals surface area contributed by atoms with Crippen molar-refractivity contribution in [3.63, 3.8) is 0 Å². The summed E-state index contributed by atoms with van der Waals surface area (Å²) in [5.74, 6) is 0.843. The molecule has 1 amide bonds. The van der Waals surface area contributed by atoms with Gasteiger partial charge in [0.05, 0.1) is 7.11 Å². The van der Waals surface area contributed by atoms with Crippen molar-refractivity contribution in [3.05, 3.63) is 29.3 Å². The van der Waals surface area contributed by atoms with Gasteiger partial charge in [-0.2, -0.15) is 0 Å². The highest BCUT2D eigenvalue weighted by molar-refractivity contribution is 5.96. The fourth-order valence-corrected chi connectivity index (χ4v) is 1.89. The van der Waals surface area contributed by atoms with Gasteiger partial charge in [-0.1, -0.05) is 0 Å². The number of carbonyl (C=O) groups is 2. The third-order valence-electron chi connectivity index (χ3n) is 2.90. The monoisotopic (exact) mass is 263 g/mol. The van der Waals surface area contributed by atoms with Crippen molar-refractivity contribution in [1.29, 1.82) is 0 Å². The van der Waals surface area contributed by atoms with Gasteiger partial charge < -0.3 is 10.1 Å². The van der Waals surface area contributed by atoms with Crippen molar-refractivity contribution < 1.29 is 14.3 Å². The molecule has 1 rings (SSSR count). The van der Waals surface area contributed by atoms with Gasteiger partial charge in [0.2, 0.25) is 5.91 Å². The third kappa shape index (κ3) is 4.73. The molecule has 0 bridgehead atoms. The number of nitrogens with one attached hydrogen (secondary N) is 1. The van der Waals surface area contributed by atoms with E-state index in [1.54, 1.807) is 19.2 Å². The van der Waals surface area contributed by atoms with Crippen LogP contribution < -0.4 is 10.1 Å². The number of aryl methyl sites for hydroxylation is 1. The Morgan fingerprint density at radius 1 is 1.26 bits per heavy atom. The van der Waals surface area contributed by atoms with E-state index in [0.717, 1.165) is 11.3 Å². The number of Topliss-reactive ketones (excluding diaryl/α,β-unsaturated/α-hetero) is 1. The Labute approximate surface area is 114 Å². The molecule has 0 fully saturated rings. The summed E-state index contributed by atoms with van der Waals surface area (Å²) in [5, 5.41) is 2.72. The van der Waals surface area contributed by atoms with Gasteiger partial charge in [-0.25, -0.2) is 0 Å². The van der Waals surface area contributed by atoms with Gasteiger partial charge >= 0.3 is 0 Å². The van der Waals surface area contributed by atoms with Gasteiger partial charge in [0, 0.05) is 24.9 Å². The molecule has 0 aliphatic heterocycles. The van der Waals surface area contributed by atoms with Crippen LogP contribution in [-0.4, -0.2) is 25.3 Å². The van der Waals surface area contributed by atoms with Crippen molar-refractivity contribution in [3.8, 4) is 5.75 Å². The Morgan fingerprint density at radius 2 is 2.00 bits per heavy atom. The van der Waals surface area contributed by atoms with E-state index in [0.29, 0.717) is 31.4 Å². The number of ketones is 1. The van der Waals surface area contributed by atoms with E-state index < -0.39 is 0 Å². The van der Waals surface area contributed by atoms with Crippen molar-refractivity contribution in [2.75, 3.05) is 13.7 Å². The maximum Gasteiger partial charge on any atom is 0.219 e. The lowest BCUT2D eigenvalue weighted by Crippen LogP contribution is -2.22. The Kier molecular flexibility index (Phi) is 6.06. The standard InChI is InChI=1S/C15H21NO3/c1-4-16-15(18)7-5-6-13(17)12-8-9-14(19-3)11(2)10-12/h8-10H,4-7H2,1-3H3,(H,16,18). The number of ether oxygens (including phenoxy) is 1. The smallest absolute Gasteiger partial charge is 0.219 e. The molecule has 19 heavy (non-hydrogen) atoms. The van der Waals surface area contributed by atoms with Crippen molar-refractivity contribution in [2.45, 2.75) is 33.1 Å². The van der Waals surface area contributed by atoms with Gasteiger partial charge in [0.25, 0.3) is 0 Å². The molecule has 0 aromatic heterocycles. The molecule has 0 atom stereocenters. The summed E-state index contributed by atoms with van der Waals surface area (Å²) < 4.78 is 5.15. The van der Waals surface area contributed by atoms with Crippen LogP contribution in [0, 0.1) is 6.92 Å². The predicted molar refractivity (Wildman–Crippen MR) is 74.6 cm³/mol. The minimum atomic E-state index is 0.00112. The molecular formula is C15H21NO3. The fraction of sp³-hybridized carbons (Fsp3) is 0.467. The first-order valence-corrected chi connectivity index (χ1v) is 6.53. The molecule has 4 heteroatoms. The van der Waals surface area contributed by atoms with E-state index in [4.69, 9.17) is 4.74 Å². The zero-order valence-corrected chi connectivity index (χ0v) is 11.8. The van der Waals surface area contributed by atoms with E-state index in [9.17, 15) is 9.59 Å². The molecule has 4 nitrogen and oxygen atoms in total. The lowest BCUT2D eigenvalue weighted by molar-refractivity contribution is -0.121. The number of benzene rings is 1. The topological polar surface area (TPSA) is 55.4 Å². The van der Waals surface area contributed by atoms with Crippen LogP contribution in [0.2, 0.25) is 0 Å². The molecule has 1 aromatic carbocycles. The highest BCUT2D eigenvalue weighted by atomic mass is 16.5. The van der Waals surface area contributed by atoms with Crippen LogP contribution in [0.15, 0.2) is 18.2 Å². The second-order valence-electron chi connectivity index (χ2n) is 4.41. The Hall–Kier alpha value is -1.84. The van der Waals surface area contributed by atoms with E-state index >= 15 is 0 Å². The van der Waals surface area contributed by atoms with Crippen LogP contribution in [-0.2, 0) is 4.79 Å². The van der Waals surface area contributed by atoms with Crippen molar-refractivity contribution >= 4 is 11.7 Å². The molecule has 0 unspecified atom stereocenters. The second kappa shape index (κ2) is 7.56. The minimum Gasteiger partial charge on any atom is -0.496 e. The van der Waals surface area contributed by atoms with Crippen molar-refractivity contribution in [2.24, 2.45) is 0 Å². The molecule has 0 saturated heterocycles. The quantitative estimate of drug-likeness (QED) is 0.769. The van der Waals surface area contributed by atoms with Gasteiger partial charge in [0.15, 0.2) is 5.78 Å². The molecule has 1 N–H and O–H groups in total. The summed E-state index contributed by atoms with van der Waals surface area (Å²) in [6.07, 6.45) is 1.37. The molecule has 0 spiro atoms. The van der Waals surface area contributed by atoms with Gasteiger partial charge in [-0.15, -0.1) is 0 Å². The molecular weight excluding hydrogens is 242 g/mol. The average molecular weight is 263 g/mol. The molecule has 1 aromatic rings. The average Bonchev–Trinajstić information content (AvgIpc) is 2.38. The Balaban J connectivity index is 2.50. The SMILES string of the molecule is CCNC(=O)CCCC(=O)c1ccc(OC)c(C)c1. The number of methoxy groups -OCH3 is 1. The maximum absolute atomic E-state index is 12.0. The Morgan fingerprint density at radius 3 is 2.58 bits per heavy atom. The number of rotatable bonds is 7. The minimum absolute atomic E-state index is 0.00112. The summed E-state index contributed by atoms with van der Waals surface area (Å²) in [4.78, 5) is 23.2. The number of hydrogen-bond acceptors (Lipinski definition) is 3. The summed E-state index contributed by atoms with van der Waals surface area (Å²) >= 11 is 0. The molecule has 0 heterocycles. The zero-order valence-electron chi connectivity index (χ0n) is 11.8. The van der Waals surface area contributed by atoms with Crippen LogP contribution in [0.4, 0.5) is 0 Å². The van der Waals surface area contributed by atoms with E-state index in [2.05, 4.69) is 5.32 Å². The second-order valence-corrected chi connectivity index (χ2v) is 4.41. The molecule has 0 aliphatic carbocycles. The highest BCUT2D eigenvalue weighted by Gasteiger charge is 2.09. The molecule has 104 valence electrons. The van der Waals surface area contributed by atoms with Gasteiger partial charge in [-0.05, 0) is 44.0 Å². The van der Waals surface area contributed by atoms with E-state index in [-0.39, 0.29) is 11.7 Å². The predicted octanol–water partition coefficient (Wildman–Crippen LogP) is 2.49. The molecule has 0 saturated carbocycles. The maximum atomic E-state index is 12.0. The highest BCUT2D eigenvalue weighted by Crippen LogP contribution is 2.19. The molecule has 0 radical (unpaired) electrons. The lowest BCUT2D eigenvalue weighted by Gasteiger charge is -2.07. The number of hydrogen-bond donors (Lipinski definition) is 1. The summed E-state index contributed by atoms with van der Waals surface area (Å²) in [5.41, 5.74) is 1.62. The number of carbonyl (C=O) groups excluding carboxylic acids is 2. The first kappa shape index (κ1) is 15.2. The van der Waals surface area contributed by atoms with Crippen LogP contribution in [0.3, 0.4) is 0 Å². The van der Waals surface area contributed by atoms with E-state index in [1.165, 1.54) is 0 Å². The fourth-order valence-electron chi connectivity index (χ4n) is 1.89. The summed E-state index contributed by atoms with van der Waals surface area (Å²) in [6, 6.07) is 5.39. The van der Waals surface area contributed by atoms with Crippen molar-refractivity contribution in [1.82, 2.24) is 5.32 Å². The normalized spacial score (nSPS) is 10.1. The van der Waals surface area contributed by atoms with Crippen LogP contribution in [0.25, 0.3) is 0 Å². The van der Waals surface area contributed by atoms with Crippen LogP contribution in [0.5, 0.6) is 5.75 Å². The number of amides is 1.